The first-order valence-electron chi connectivity index (χ1n) is 5.41. The van der Waals surface area contributed by atoms with Gasteiger partial charge in [0.05, 0.1) is 6.10 Å². The number of hydrogen-bond acceptors (Lipinski definition) is 2. The summed E-state index contributed by atoms with van der Waals surface area (Å²) in [4.78, 5) is 4.30. The van der Waals surface area contributed by atoms with E-state index in [2.05, 4.69) is 11.1 Å². The van der Waals surface area contributed by atoms with Gasteiger partial charge in [-0.05, 0) is 31.4 Å². The van der Waals surface area contributed by atoms with Gasteiger partial charge < -0.3 is 4.74 Å². The Morgan fingerprint density at radius 2 is 2.40 bits per heavy atom. The van der Waals surface area contributed by atoms with Crippen molar-refractivity contribution in [2.24, 2.45) is 5.92 Å². The molecular weight excluding hydrogens is 210 g/mol. The molecule has 2 nitrogen and oxygen atoms in total. The van der Waals surface area contributed by atoms with Crippen LogP contribution in [-0.2, 0) is 4.74 Å². The average Bonchev–Trinajstić information content (AvgIpc) is 2.30. The number of rotatable bonds is 2. The molecule has 1 aromatic rings. The maximum Gasteiger partial charge on any atom is 0.0879 e. The van der Waals surface area contributed by atoms with Gasteiger partial charge in [0.25, 0.3) is 0 Å². The largest absolute Gasteiger partial charge is 0.373 e. The predicted molar refractivity (Wildman–Crippen MR) is 61.1 cm³/mol. The van der Waals surface area contributed by atoms with E-state index in [1.54, 1.807) is 0 Å². The second kappa shape index (κ2) is 4.95. The molecule has 82 valence electrons. The molecule has 0 spiro atoms. The maximum atomic E-state index is 5.96. The molecule has 0 aliphatic carbocycles. The van der Waals surface area contributed by atoms with Crippen molar-refractivity contribution in [1.29, 1.82) is 0 Å². The third kappa shape index (κ3) is 2.50. The zero-order valence-corrected chi connectivity index (χ0v) is 9.70. The second-order valence-electron chi connectivity index (χ2n) is 4.08. The molecule has 0 aromatic carbocycles. The van der Waals surface area contributed by atoms with Gasteiger partial charge >= 0.3 is 0 Å². The molecule has 1 aliphatic rings. The smallest absolute Gasteiger partial charge is 0.0879 e. The van der Waals surface area contributed by atoms with E-state index in [9.17, 15) is 0 Å². The third-order valence-corrected chi connectivity index (χ3v) is 3.30. The first-order valence-corrected chi connectivity index (χ1v) is 5.95. The number of aryl methyl sites for hydroxylation is 1. The van der Waals surface area contributed by atoms with Crippen LogP contribution in [0.1, 0.15) is 30.2 Å². The Balaban J connectivity index is 2.16. The fraction of sp³-hybridized carbons (Fsp3) is 0.583. The number of halogens is 1. The van der Waals surface area contributed by atoms with Gasteiger partial charge in [-0.15, -0.1) is 11.6 Å². The molecule has 0 radical (unpaired) electrons. The van der Waals surface area contributed by atoms with E-state index in [0.29, 0.717) is 11.8 Å². The monoisotopic (exact) mass is 225 g/mol. The molecule has 2 rings (SSSR count). The van der Waals surface area contributed by atoms with Gasteiger partial charge in [0, 0.05) is 30.3 Å². The van der Waals surface area contributed by atoms with E-state index in [4.69, 9.17) is 16.3 Å². The lowest BCUT2D eigenvalue weighted by atomic mass is 9.92. The highest BCUT2D eigenvalue weighted by Crippen LogP contribution is 2.33. The number of pyridine rings is 1. The van der Waals surface area contributed by atoms with Gasteiger partial charge in [0.15, 0.2) is 0 Å². The number of alkyl halides is 1. The fourth-order valence-electron chi connectivity index (χ4n) is 2.02. The van der Waals surface area contributed by atoms with Crippen molar-refractivity contribution >= 4 is 11.6 Å². The van der Waals surface area contributed by atoms with Crippen LogP contribution in [0, 0.1) is 12.8 Å². The molecule has 0 saturated carbocycles. The molecule has 3 heteroatoms. The number of hydrogen-bond donors (Lipinski definition) is 0. The molecule has 2 atom stereocenters. The highest BCUT2D eigenvalue weighted by molar-refractivity contribution is 6.18. The zero-order valence-electron chi connectivity index (χ0n) is 8.95. The van der Waals surface area contributed by atoms with Crippen molar-refractivity contribution in [2.75, 3.05) is 12.5 Å². The van der Waals surface area contributed by atoms with Crippen LogP contribution in [0.3, 0.4) is 0 Å². The molecule has 1 aromatic heterocycles. The standard InChI is InChI=1S/C12H16ClNO/c1-9-4-5-11(8-14-9)12-10(7-13)3-2-6-15-12/h4-5,8,10,12H,2-3,6-7H2,1H3. The van der Waals surface area contributed by atoms with Gasteiger partial charge in [-0.1, -0.05) is 6.07 Å². The minimum absolute atomic E-state index is 0.143. The van der Waals surface area contributed by atoms with E-state index in [1.807, 2.05) is 19.2 Å². The van der Waals surface area contributed by atoms with Crippen LogP contribution in [0.5, 0.6) is 0 Å². The number of nitrogens with zero attached hydrogens (tertiary/aromatic N) is 1. The van der Waals surface area contributed by atoms with Crippen molar-refractivity contribution in [3.8, 4) is 0 Å². The van der Waals surface area contributed by atoms with Crippen molar-refractivity contribution in [3.63, 3.8) is 0 Å². The Morgan fingerprint density at radius 3 is 3.07 bits per heavy atom. The highest BCUT2D eigenvalue weighted by Gasteiger charge is 2.26. The molecule has 15 heavy (non-hydrogen) atoms. The Kier molecular flexibility index (Phi) is 3.60. The summed E-state index contributed by atoms with van der Waals surface area (Å²) >= 11 is 5.96. The first-order chi connectivity index (χ1) is 7.31. The van der Waals surface area contributed by atoms with Crippen molar-refractivity contribution in [1.82, 2.24) is 4.98 Å². The predicted octanol–water partition coefficient (Wildman–Crippen LogP) is 3.10. The van der Waals surface area contributed by atoms with E-state index < -0.39 is 0 Å². The van der Waals surface area contributed by atoms with Gasteiger partial charge in [-0.2, -0.15) is 0 Å². The van der Waals surface area contributed by atoms with Crippen LogP contribution >= 0.6 is 11.6 Å². The minimum Gasteiger partial charge on any atom is -0.373 e. The summed E-state index contributed by atoms with van der Waals surface area (Å²) in [6.07, 6.45) is 4.32. The molecule has 2 unspecified atom stereocenters. The molecule has 0 bridgehead atoms. The van der Waals surface area contributed by atoms with Gasteiger partial charge in [0.2, 0.25) is 0 Å². The quantitative estimate of drug-likeness (QED) is 0.722. The van der Waals surface area contributed by atoms with Crippen molar-refractivity contribution < 1.29 is 4.74 Å². The van der Waals surface area contributed by atoms with Gasteiger partial charge in [-0.25, -0.2) is 0 Å². The van der Waals surface area contributed by atoms with E-state index in [-0.39, 0.29) is 6.10 Å². The molecule has 2 heterocycles. The van der Waals surface area contributed by atoms with E-state index in [1.165, 1.54) is 0 Å². The summed E-state index contributed by atoms with van der Waals surface area (Å²) in [5.74, 6) is 1.10. The minimum atomic E-state index is 0.143. The fourth-order valence-corrected chi connectivity index (χ4v) is 2.33. The Hall–Kier alpha value is -0.600. The molecular formula is C12H16ClNO. The lowest BCUT2D eigenvalue weighted by Gasteiger charge is -2.30. The maximum absolute atomic E-state index is 5.96. The molecule has 0 amide bonds. The van der Waals surface area contributed by atoms with Crippen LogP contribution < -0.4 is 0 Å². The lowest BCUT2D eigenvalue weighted by Crippen LogP contribution is -2.23. The SMILES string of the molecule is Cc1ccc(C2OCCCC2CCl)cn1. The van der Waals surface area contributed by atoms with Crippen molar-refractivity contribution in [2.45, 2.75) is 25.9 Å². The second-order valence-corrected chi connectivity index (χ2v) is 4.39. The van der Waals surface area contributed by atoms with E-state index in [0.717, 1.165) is 30.7 Å². The third-order valence-electron chi connectivity index (χ3n) is 2.91. The van der Waals surface area contributed by atoms with Crippen LogP contribution in [0.25, 0.3) is 0 Å². The Bertz CT molecular complexity index is 312. The van der Waals surface area contributed by atoms with Crippen LogP contribution in [0.4, 0.5) is 0 Å². The normalized spacial score (nSPS) is 26.5. The van der Waals surface area contributed by atoms with Gasteiger partial charge in [-0.3, -0.25) is 4.98 Å². The van der Waals surface area contributed by atoms with Crippen LogP contribution in [-0.4, -0.2) is 17.5 Å². The Morgan fingerprint density at radius 1 is 1.53 bits per heavy atom. The van der Waals surface area contributed by atoms with Crippen molar-refractivity contribution in [3.05, 3.63) is 29.6 Å². The average molecular weight is 226 g/mol. The summed E-state index contributed by atoms with van der Waals surface area (Å²) in [7, 11) is 0. The zero-order chi connectivity index (χ0) is 10.7. The Labute approximate surface area is 95.6 Å². The molecule has 1 fully saturated rings. The summed E-state index contributed by atoms with van der Waals surface area (Å²) in [5.41, 5.74) is 2.20. The van der Waals surface area contributed by atoms with Crippen LogP contribution in [0.2, 0.25) is 0 Å². The summed E-state index contributed by atoms with van der Waals surface area (Å²) < 4.78 is 5.78. The first kappa shape index (κ1) is 10.9. The molecule has 1 aliphatic heterocycles. The lowest BCUT2D eigenvalue weighted by molar-refractivity contribution is -0.0210. The topological polar surface area (TPSA) is 22.1 Å². The molecule has 1 saturated heterocycles. The summed E-state index contributed by atoms with van der Waals surface area (Å²) in [6.45, 7) is 2.83. The van der Waals surface area contributed by atoms with Gasteiger partial charge in [0.1, 0.15) is 0 Å². The van der Waals surface area contributed by atoms with Crippen LogP contribution in [0.15, 0.2) is 18.3 Å². The molecule has 0 N–H and O–H groups in total. The number of ether oxygens (including phenoxy) is 1. The summed E-state index contributed by atoms with van der Waals surface area (Å²) in [6, 6.07) is 4.12. The van der Waals surface area contributed by atoms with E-state index >= 15 is 0 Å². The highest BCUT2D eigenvalue weighted by atomic mass is 35.5. The summed E-state index contributed by atoms with van der Waals surface area (Å²) in [5, 5.41) is 0. The number of aromatic nitrogens is 1.